The molecule has 1 aromatic heterocycles. The first-order valence-corrected chi connectivity index (χ1v) is 8.36. The predicted molar refractivity (Wildman–Crippen MR) is 94.3 cm³/mol. The van der Waals surface area contributed by atoms with Crippen molar-refractivity contribution in [2.75, 3.05) is 25.5 Å². The zero-order valence-corrected chi connectivity index (χ0v) is 14.6. The molecule has 1 saturated heterocycles. The number of rotatable bonds is 4. The lowest BCUT2D eigenvalue weighted by molar-refractivity contribution is 0.0988. The van der Waals surface area contributed by atoms with Gasteiger partial charge in [-0.15, -0.1) is 0 Å². The van der Waals surface area contributed by atoms with Crippen LogP contribution >= 0.6 is 11.6 Å². The van der Waals surface area contributed by atoms with Crippen LogP contribution in [0.4, 0.5) is 10.5 Å². The number of nitrogens with zero attached hydrogens (tertiary/aromatic N) is 3. The van der Waals surface area contributed by atoms with Crippen LogP contribution in [-0.4, -0.2) is 47.2 Å². The Morgan fingerprint density at radius 2 is 2.12 bits per heavy atom. The average molecular weight is 363 g/mol. The zero-order chi connectivity index (χ0) is 17.6. The van der Waals surface area contributed by atoms with Gasteiger partial charge in [-0.05, 0) is 31.0 Å². The largest absolute Gasteiger partial charge is 0.477 e. The molecule has 1 aliphatic heterocycles. The molecule has 1 fully saturated rings. The molecule has 0 aliphatic carbocycles. The van der Waals surface area contributed by atoms with Crippen LogP contribution in [0.2, 0.25) is 5.02 Å². The Labute approximate surface area is 150 Å². The Balaban J connectivity index is 1.61. The van der Waals surface area contributed by atoms with Crippen molar-refractivity contribution < 1.29 is 14.3 Å². The third-order valence-electron chi connectivity index (χ3n) is 3.85. The summed E-state index contributed by atoms with van der Waals surface area (Å²) in [5.41, 5.74) is 0.663. The third-order valence-corrected chi connectivity index (χ3v) is 4.08. The molecule has 1 aliphatic rings. The van der Waals surface area contributed by atoms with E-state index >= 15 is 0 Å². The number of methoxy groups -OCH3 is 1. The summed E-state index contributed by atoms with van der Waals surface area (Å²) < 4.78 is 11.0. The van der Waals surface area contributed by atoms with Gasteiger partial charge in [-0.3, -0.25) is 0 Å². The van der Waals surface area contributed by atoms with E-state index in [1.54, 1.807) is 35.4 Å². The van der Waals surface area contributed by atoms with E-state index in [9.17, 15) is 4.79 Å². The Kier molecular flexibility index (Phi) is 5.55. The van der Waals surface area contributed by atoms with Crippen LogP contribution in [0.25, 0.3) is 0 Å². The van der Waals surface area contributed by atoms with Gasteiger partial charge in [0, 0.05) is 29.6 Å². The van der Waals surface area contributed by atoms with Gasteiger partial charge in [0.05, 0.1) is 13.7 Å². The van der Waals surface area contributed by atoms with E-state index in [2.05, 4.69) is 15.3 Å². The number of aromatic nitrogens is 2. The molecule has 0 spiro atoms. The summed E-state index contributed by atoms with van der Waals surface area (Å²) in [6.07, 6.45) is 4.60. The molecular weight excluding hydrogens is 344 g/mol. The molecule has 3 rings (SSSR count). The maximum atomic E-state index is 12.5. The minimum absolute atomic E-state index is 0.163. The number of benzene rings is 1. The highest BCUT2D eigenvalue weighted by molar-refractivity contribution is 6.30. The topological polar surface area (TPSA) is 76.6 Å². The second kappa shape index (κ2) is 8.02. The van der Waals surface area contributed by atoms with Crippen molar-refractivity contribution in [2.24, 2.45) is 0 Å². The lowest BCUT2D eigenvalue weighted by Crippen LogP contribution is -2.46. The van der Waals surface area contributed by atoms with E-state index in [1.807, 2.05) is 0 Å². The highest BCUT2D eigenvalue weighted by Gasteiger charge is 2.26. The summed E-state index contributed by atoms with van der Waals surface area (Å²) in [7, 11) is 1.52. The van der Waals surface area contributed by atoms with E-state index in [0.717, 1.165) is 12.8 Å². The van der Waals surface area contributed by atoms with Gasteiger partial charge < -0.3 is 19.7 Å². The van der Waals surface area contributed by atoms with Crippen molar-refractivity contribution in [1.82, 2.24) is 14.9 Å². The number of halogens is 1. The van der Waals surface area contributed by atoms with Gasteiger partial charge in [-0.1, -0.05) is 17.7 Å². The molecule has 0 saturated carbocycles. The summed E-state index contributed by atoms with van der Waals surface area (Å²) in [6, 6.07) is 6.88. The summed E-state index contributed by atoms with van der Waals surface area (Å²) in [4.78, 5) is 22.4. The molecule has 132 valence electrons. The quantitative estimate of drug-likeness (QED) is 0.903. The summed E-state index contributed by atoms with van der Waals surface area (Å²) >= 11 is 5.95. The number of anilines is 1. The van der Waals surface area contributed by atoms with E-state index in [0.29, 0.717) is 35.6 Å². The van der Waals surface area contributed by atoms with Crippen molar-refractivity contribution in [3.63, 3.8) is 0 Å². The number of hydrogen-bond donors (Lipinski definition) is 1. The van der Waals surface area contributed by atoms with Gasteiger partial charge >= 0.3 is 6.03 Å². The number of hydrogen-bond acceptors (Lipinski definition) is 5. The molecule has 8 heteroatoms. The monoisotopic (exact) mass is 362 g/mol. The molecule has 1 N–H and O–H groups in total. The highest BCUT2D eigenvalue weighted by Crippen LogP contribution is 2.24. The number of amides is 2. The van der Waals surface area contributed by atoms with Crippen LogP contribution in [0.5, 0.6) is 11.8 Å². The van der Waals surface area contributed by atoms with Crippen molar-refractivity contribution >= 4 is 23.3 Å². The maximum absolute atomic E-state index is 12.5. The molecule has 2 aromatic rings. The first kappa shape index (κ1) is 17.3. The average Bonchev–Trinajstić information content (AvgIpc) is 2.62. The molecule has 1 atom stereocenters. The van der Waals surface area contributed by atoms with Crippen LogP contribution in [0.1, 0.15) is 12.8 Å². The molecule has 0 radical (unpaired) electrons. The second-order valence-electron chi connectivity index (χ2n) is 5.64. The molecule has 7 nitrogen and oxygen atoms in total. The fourth-order valence-electron chi connectivity index (χ4n) is 2.68. The molecule has 1 aromatic carbocycles. The number of likely N-dealkylation sites (tertiary alicyclic amines) is 1. The SMILES string of the molecule is COc1nccnc1OC1CCCN(C(=O)Nc2cccc(Cl)c2)C1. The number of nitrogens with one attached hydrogen (secondary N) is 1. The Bertz CT molecular complexity index is 743. The lowest BCUT2D eigenvalue weighted by atomic mass is 10.1. The lowest BCUT2D eigenvalue weighted by Gasteiger charge is -2.32. The van der Waals surface area contributed by atoms with E-state index < -0.39 is 0 Å². The molecule has 25 heavy (non-hydrogen) atoms. The van der Waals surface area contributed by atoms with Crippen LogP contribution in [-0.2, 0) is 0 Å². The first-order valence-electron chi connectivity index (χ1n) is 7.99. The van der Waals surface area contributed by atoms with Crippen molar-refractivity contribution in [1.29, 1.82) is 0 Å². The number of ether oxygens (including phenoxy) is 2. The van der Waals surface area contributed by atoms with Gasteiger partial charge in [-0.2, -0.15) is 0 Å². The summed E-state index contributed by atoms with van der Waals surface area (Å²) in [5.74, 6) is 0.676. The minimum atomic E-state index is -0.179. The Hall–Kier alpha value is -2.54. The second-order valence-corrected chi connectivity index (χ2v) is 6.08. The molecular formula is C17H19ClN4O3. The number of carbonyl (C=O) groups excluding carboxylic acids is 1. The summed E-state index contributed by atoms with van der Waals surface area (Å²) in [5, 5.41) is 3.43. The fraction of sp³-hybridized carbons (Fsp3) is 0.353. The van der Waals surface area contributed by atoms with Crippen molar-refractivity contribution in [2.45, 2.75) is 18.9 Å². The van der Waals surface area contributed by atoms with E-state index in [1.165, 1.54) is 13.3 Å². The molecule has 1 unspecified atom stereocenters. The first-order chi connectivity index (χ1) is 12.2. The fourth-order valence-corrected chi connectivity index (χ4v) is 2.87. The number of urea groups is 1. The van der Waals surface area contributed by atoms with Crippen molar-refractivity contribution in [3.05, 3.63) is 41.7 Å². The smallest absolute Gasteiger partial charge is 0.321 e. The normalized spacial score (nSPS) is 17.0. The Morgan fingerprint density at radius 3 is 2.88 bits per heavy atom. The van der Waals surface area contributed by atoms with Gasteiger partial charge in [0.2, 0.25) is 0 Å². The maximum Gasteiger partial charge on any atom is 0.321 e. The van der Waals surface area contributed by atoms with Crippen LogP contribution < -0.4 is 14.8 Å². The minimum Gasteiger partial charge on any atom is -0.477 e. The van der Waals surface area contributed by atoms with Crippen molar-refractivity contribution in [3.8, 4) is 11.8 Å². The standard InChI is InChI=1S/C17H19ClN4O3/c1-24-15-16(20-8-7-19-15)25-14-6-3-9-22(11-14)17(23)21-13-5-2-4-12(18)10-13/h2,4-5,7-8,10,14H,3,6,9,11H2,1H3,(H,21,23). The van der Waals surface area contributed by atoms with E-state index in [4.69, 9.17) is 21.1 Å². The van der Waals surface area contributed by atoms with Gasteiger partial charge in [-0.25, -0.2) is 14.8 Å². The predicted octanol–water partition coefficient (Wildman–Crippen LogP) is 3.21. The van der Waals surface area contributed by atoms with Crippen LogP contribution in [0.15, 0.2) is 36.7 Å². The van der Waals surface area contributed by atoms with Gasteiger partial charge in [0.15, 0.2) is 0 Å². The third kappa shape index (κ3) is 4.51. The number of piperidine rings is 1. The highest BCUT2D eigenvalue weighted by atomic mass is 35.5. The van der Waals surface area contributed by atoms with Crippen LogP contribution in [0, 0.1) is 0 Å². The van der Waals surface area contributed by atoms with Gasteiger partial charge in [0.1, 0.15) is 6.10 Å². The zero-order valence-electron chi connectivity index (χ0n) is 13.8. The van der Waals surface area contributed by atoms with E-state index in [-0.39, 0.29) is 12.1 Å². The van der Waals surface area contributed by atoms with Gasteiger partial charge in [0.25, 0.3) is 11.8 Å². The number of carbonyl (C=O) groups is 1. The van der Waals surface area contributed by atoms with Crippen LogP contribution in [0.3, 0.4) is 0 Å². The molecule has 2 heterocycles. The summed E-state index contributed by atoms with van der Waals surface area (Å²) in [6.45, 7) is 1.13. The molecule has 0 bridgehead atoms. The Morgan fingerprint density at radius 1 is 1.32 bits per heavy atom. The molecule has 2 amide bonds.